The highest BCUT2D eigenvalue weighted by atomic mass is 16.4. The number of hydrogen-bond acceptors (Lipinski definition) is 3. The first-order valence-electron chi connectivity index (χ1n) is 6.70. The molecule has 108 valence electrons. The van der Waals surface area contributed by atoms with Crippen LogP contribution in [0.4, 0.5) is 0 Å². The van der Waals surface area contributed by atoms with Gasteiger partial charge in [0.1, 0.15) is 5.75 Å². The zero-order valence-electron chi connectivity index (χ0n) is 11.5. The summed E-state index contributed by atoms with van der Waals surface area (Å²) in [5.74, 6) is -0.907. The van der Waals surface area contributed by atoms with Crippen LogP contribution < -0.4 is 0 Å². The molecule has 0 aliphatic carbocycles. The van der Waals surface area contributed by atoms with Gasteiger partial charge in [0.2, 0.25) is 5.91 Å². The minimum absolute atomic E-state index is 0.0962. The van der Waals surface area contributed by atoms with Gasteiger partial charge >= 0.3 is 5.97 Å². The van der Waals surface area contributed by atoms with E-state index in [0.717, 1.165) is 0 Å². The second kappa shape index (κ2) is 5.53. The van der Waals surface area contributed by atoms with Gasteiger partial charge in [-0.25, -0.2) is 0 Å². The first kappa shape index (κ1) is 14.4. The van der Waals surface area contributed by atoms with Crippen molar-refractivity contribution in [3.05, 3.63) is 29.8 Å². The molecule has 20 heavy (non-hydrogen) atoms. The van der Waals surface area contributed by atoms with Gasteiger partial charge in [0.05, 0.1) is 11.8 Å². The Kier molecular flexibility index (Phi) is 3.97. The van der Waals surface area contributed by atoms with Crippen molar-refractivity contribution in [3.8, 4) is 5.75 Å². The molecule has 0 radical (unpaired) electrons. The first-order chi connectivity index (χ1) is 9.42. The van der Waals surface area contributed by atoms with Crippen LogP contribution in [0.1, 0.15) is 25.3 Å². The number of carbonyl (C=O) groups is 2. The van der Waals surface area contributed by atoms with Crippen molar-refractivity contribution < 1.29 is 19.8 Å². The molecular weight excluding hydrogens is 258 g/mol. The van der Waals surface area contributed by atoms with Crippen LogP contribution in [0.3, 0.4) is 0 Å². The number of aliphatic carboxylic acids is 1. The predicted octanol–water partition coefficient (Wildman–Crippen LogP) is 1.65. The number of aromatic hydroxyl groups is 1. The van der Waals surface area contributed by atoms with Crippen LogP contribution in [0.5, 0.6) is 5.75 Å². The molecule has 1 aromatic rings. The zero-order chi connectivity index (χ0) is 14.8. The molecule has 1 unspecified atom stereocenters. The highest BCUT2D eigenvalue weighted by Gasteiger charge is 2.39. The number of carboxylic acids is 1. The topological polar surface area (TPSA) is 77.8 Å². The summed E-state index contributed by atoms with van der Waals surface area (Å²) in [6, 6.07) is 6.71. The molecule has 0 aromatic heterocycles. The molecule has 0 spiro atoms. The Morgan fingerprint density at radius 2 is 2.05 bits per heavy atom. The van der Waals surface area contributed by atoms with Crippen molar-refractivity contribution in [1.29, 1.82) is 0 Å². The second-order valence-electron chi connectivity index (χ2n) is 5.59. The highest BCUT2D eigenvalue weighted by Crippen LogP contribution is 2.30. The Morgan fingerprint density at radius 1 is 1.35 bits per heavy atom. The van der Waals surface area contributed by atoms with E-state index in [1.165, 1.54) is 0 Å². The predicted molar refractivity (Wildman–Crippen MR) is 73.4 cm³/mol. The van der Waals surface area contributed by atoms with Gasteiger partial charge < -0.3 is 15.1 Å². The number of benzene rings is 1. The van der Waals surface area contributed by atoms with Crippen LogP contribution in [0.2, 0.25) is 0 Å². The number of hydrogen-bond donors (Lipinski definition) is 2. The summed E-state index contributed by atoms with van der Waals surface area (Å²) in [7, 11) is 0. The minimum atomic E-state index is -0.868. The number of phenols is 1. The Balaban J connectivity index is 2.06. The summed E-state index contributed by atoms with van der Waals surface area (Å²) in [5, 5.41) is 18.9. The summed E-state index contributed by atoms with van der Waals surface area (Å²) in [6.07, 6.45) is 1.38. The van der Waals surface area contributed by atoms with Gasteiger partial charge in [-0.05, 0) is 25.8 Å². The SMILES string of the molecule is CC1(C(=O)O)CCCN(C(=O)Cc2ccccc2O)C1. The molecule has 1 heterocycles. The maximum atomic E-state index is 12.3. The number of phenolic OH excluding ortho intramolecular Hbond substituents is 1. The Labute approximate surface area is 117 Å². The van der Waals surface area contributed by atoms with E-state index in [4.69, 9.17) is 0 Å². The first-order valence-corrected chi connectivity index (χ1v) is 6.70. The highest BCUT2D eigenvalue weighted by molar-refractivity contribution is 5.81. The largest absolute Gasteiger partial charge is 0.508 e. The molecule has 5 nitrogen and oxygen atoms in total. The van der Waals surface area contributed by atoms with Gasteiger partial charge in [0, 0.05) is 18.7 Å². The summed E-state index contributed by atoms with van der Waals surface area (Å²) in [5.41, 5.74) is -0.299. The average Bonchev–Trinajstić information content (AvgIpc) is 2.41. The Bertz CT molecular complexity index is 528. The standard InChI is InChI=1S/C15H19NO4/c1-15(14(19)20)7-4-8-16(10-15)13(18)9-11-5-2-3-6-12(11)17/h2-3,5-6,17H,4,7-10H2,1H3,(H,19,20). The molecule has 5 heteroatoms. The molecule has 2 N–H and O–H groups in total. The Hall–Kier alpha value is -2.04. The number of nitrogens with zero attached hydrogens (tertiary/aromatic N) is 1. The van der Waals surface area contributed by atoms with Gasteiger partial charge in [0.15, 0.2) is 0 Å². The number of likely N-dealkylation sites (tertiary alicyclic amines) is 1. The van der Waals surface area contributed by atoms with Crippen molar-refractivity contribution in [2.45, 2.75) is 26.2 Å². The molecular formula is C15H19NO4. The van der Waals surface area contributed by atoms with Crippen molar-refractivity contribution in [1.82, 2.24) is 4.90 Å². The molecule has 1 aliphatic heterocycles. The van der Waals surface area contributed by atoms with E-state index in [1.54, 1.807) is 36.1 Å². The normalized spacial score (nSPS) is 22.6. The van der Waals surface area contributed by atoms with Crippen LogP contribution in [0.15, 0.2) is 24.3 Å². The second-order valence-corrected chi connectivity index (χ2v) is 5.59. The number of piperidine rings is 1. The van der Waals surface area contributed by atoms with Gasteiger partial charge in [-0.2, -0.15) is 0 Å². The number of carboxylic acid groups (broad SMARTS) is 1. The van der Waals surface area contributed by atoms with Crippen LogP contribution >= 0.6 is 0 Å². The van der Waals surface area contributed by atoms with Gasteiger partial charge in [0.25, 0.3) is 0 Å². The maximum absolute atomic E-state index is 12.3. The summed E-state index contributed by atoms with van der Waals surface area (Å²) in [4.78, 5) is 25.1. The van der Waals surface area contributed by atoms with Crippen LogP contribution in [-0.2, 0) is 16.0 Å². The van der Waals surface area contributed by atoms with Gasteiger partial charge in [-0.1, -0.05) is 18.2 Å². The van der Waals surface area contributed by atoms with E-state index < -0.39 is 11.4 Å². The Morgan fingerprint density at radius 3 is 2.70 bits per heavy atom. The van der Waals surface area contributed by atoms with E-state index in [9.17, 15) is 19.8 Å². The summed E-state index contributed by atoms with van der Waals surface area (Å²) < 4.78 is 0. The van der Waals surface area contributed by atoms with E-state index in [1.807, 2.05) is 0 Å². The number of rotatable bonds is 3. The monoisotopic (exact) mass is 277 g/mol. The molecule has 1 atom stereocenters. The number of amides is 1. The van der Waals surface area contributed by atoms with Gasteiger partial charge in [-0.15, -0.1) is 0 Å². The lowest BCUT2D eigenvalue weighted by atomic mass is 9.82. The molecule has 1 aromatic carbocycles. The smallest absolute Gasteiger partial charge is 0.311 e. The molecule has 0 saturated carbocycles. The molecule has 1 saturated heterocycles. The quantitative estimate of drug-likeness (QED) is 0.880. The van der Waals surface area contributed by atoms with Gasteiger partial charge in [-0.3, -0.25) is 9.59 Å². The lowest BCUT2D eigenvalue weighted by molar-refractivity contribution is -0.153. The summed E-state index contributed by atoms with van der Waals surface area (Å²) in [6.45, 7) is 2.48. The molecule has 2 rings (SSSR count). The fraction of sp³-hybridized carbons (Fsp3) is 0.467. The van der Waals surface area contributed by atoms with E-state index in [2.05, 4.69) is 0 Å². The summed E-state index contributed by atoms with van der Waals surface area (Å²) >= 11 is 0. The van der Waals surface area contributed by atoms with Crippen LogP contribution in [0.25, 0.3) is 0 Å². The third-order valence-electron chi connectivity index (χ3n) is 3.90. The van der Waals surface area contributed by atoms with Crippen LogP contribution in [-0.4, -0.2) is 40.1 Å². The third kappa shape index (κ3) is 2.92. The van der Waals surface area contributed by atoms with E-state index in [-0.39, 0.29) is 24.6 Å². The third-order valence-corrected chi connectivity index (χ3v) is 3.90. The number of carbonyl (C=O) groups excluding carboxylic acids is 1. The van der Waals surface area contributed by atoms with Crippen LogP contribution in [0, 0.1) is 5.41 Å². The van der Waals surface area contributed by atoms with Crippen molar-refractivity contribution in [3.63, 3.8) is 0 Å². The fourth-order valence-electron chi connectivity index (χ4n) is 2.56. The van der Waals surface area contributed by atoms with Crippen molar-refractivity contribution in [2.24, 2.45) is 5.41 Å². The molecule has 1 fully saturated rings. The fourth-order valence-corrected chi connectivity index (χ4v) is 2.56. The lowest BCUT2D eigenvalue weighted by Crippen LogP contribution is -2.48. The van der Waals surface area contributed by atoms with E-state index >= 15 is 0 Å². The minimum Gasteiger partial charge on any atom is -0.508 e. The van der Waals surface area contributed by atoms with Crippen molar-refractivity contribution in [2.75, 3.05) is 13.1 Å². The zero-order valence-corrected chi connectivity index (χ0v) is 11.5. The lowest BCUT2D eigenvalue weighted by Gasteiger charge is -2.37. The average molecular weight is 277 g/mol. The maximum Gasteiger partial charge on any atom is 0.311 e. The van der Waals surface area contributed by atoms with Crippen molar-refractivity contribution >= 4 is 11.9 Å². The molecule has 0 bridgehead atoms. The number of para-hydroxylation sites is 1. The molecule has 1 amide bonds. The van der Waals surface area contributed by atoms with E-state index in [0.29, 0.717) is 24.9 Å². The molecule has 1 aliphatic rings.